The van der Waals surface area contributed by atoms with Crippen LogP contribution < -0.4 is 16.0 Å². The molecule has 3 aromatic rings. The summed E-state index contributed by atoms with van der Waals surface area (Å²) in [6, 6.07) is 7.94. The van der Waals surface area contributed by atoms with Crippen LogP contribution >= 0.6 is 11.3 Å². The quantitative estimate of drug-likeness (QED) is 0.400. The summed E-state index contributed by atoms with van der Waals surface area (Å²) in [5, 5.41) is 18.7. The zero-order valence-electron chi connectivity index (χ0n) is 17.6. The molecule has 172 valence electrons. The molecule has 0 unspecified atom stereocenters. The molecule has 0 bridgehead atoms. The number of halogens is 2. The first-order chi connectivity index (χ1) is 15.6. The highest BCUT2D eigenvalue weighted by Crippen LogP contribution is 2.25. The van der Waals surface area contributed by atoms with Gasteiger partial charge in [0.25, 0.3) is 5.91 Å². The Labute approximate surface area is 191 Å². The molecule has 0 aliphatic rings. The Bertz CT molecular complexity index is 1180. The molecular formula is C22H20F2N4O4S. The topological polar surface area (TPSA) is 120 Å². The van der Waals surface area contributed by atoms with Crippen molar-refractivity contribution in [3.05, 3.63) is 65.2 Å². The van der Waals surface area contributed by atoms with Crippen molar-refractivity contribution in [2.45, 2.75) is 19.9 Å². The first-order valence-corrected chi connectivity index (χ1v) is 10.6. The summed E-state index contributed by atoms with van der Waals surface area (Å²) in [6.07, 6.45) is 0. The number of aromatic nitrogens is 1. The molecule has 2 aromatic carbocycles. The highest BCUT2D eigenvalue weighted by molar-refractivity contribution is 7.13. The summed E-state index contributed by atoms with van der Waals surface area (Å²) in [4.78, 5) is 39.9. The molecule has 0 radical (unpaired) electrons. The molecule has 1 heterocycles. The van der Waals surface area contributed by atoms with Gasteiger partial charge in [0, 0.05) is 28.4 Å². The number of nitrogens with one attached hydrogen (secondary N) is 3. The minimum atomic E-state index is -1.12. The normalized spacial score (nSPS) is 11.7. The van der Waals surface area contributed by atoms with Crippen LogP contribution in [0.25, 0.3) is 10.6 Å². The van der Waals surface area contributed by atoms with Gasteiger partial charge >= 0.3 is 12.0 Å². The number of carbonyl (C=O) groups excluding carboxylic acids is 2. The molecule has 1 aromatic heterocycles. The molecule has 1 atom stereocenters. The summed E-state index contributed by atoms with van der Waals surface area (Å²) in [6.45, 7) is 3.39. The second-order valence-corrected chi connectivity index (χ2v) is 8.21. The van der Waals surface area contributed by atoms with Gasteiger partial charge in [0.15, 0.2) is 11.6 Å². The van der Waals surface area contributed by atoms with Crippen molar-refractivity contribution in [1.82, 2.24) is 10.3 Å². The molecule has 3 rings (SSSR count). The molecule has 8 nitrogen and oxygen atoms in total. The number of carbonyl (C=O) groups is 3. The molecule has 0 saturated heterocycles. The fraction of sp³-hybridized carbons (Fsp3) is 0.182. The molecule has 11 heteroatoms. The van der Waals surface area contributed by atoms with Crippen LogP contribution in [0.2, 0.25) is 0 Å². The predicted octanol–water partition coefficient (Wildman–Crippen LogP) is 4.57. The molecule has 0 fully saturated rings. The number of hydrogen-bond donors (Lipinski definition) is 4. The fourth-order valence-electron chi connectivity index (χ4n) is 2.80. The number of amides is 3. The largest absolute Gasteiger partial charge is 0.480 e. The first kappa shape index (κ1) is 23.8. The Morgan fingerprint density at radius 2 is 1.61 bits per heavy atom. The number of anilines is 2. The summed E-state index contributed by atoms with van der Waals surface area (Å²) < 4.78 is 26.2. The molecule has 0 aliphatic heterocycles. The molecule has 3 amide bonds. The van der Waals surface area contributed by atoms with E-state index in [4.69, 9.17) is 0 Å². The van der Waals surface area contributed by atoms with Crippen molar-refractivity contribution in [2.24, 2.45) is 5.92 Å². The van der Waals surface area contributed by atoms with Gasteiger partial charge in [-0.05, 0) is 42.3 Å². The number of benzene rings is 2. The van der Waals surface area contributed by atoms with E-state index in [0.29, 0.717) is 16.3 Å². The maximum atomic E-state index is 13.2. The van der Waals surface area contributed by atoms with Crippen LogP contribution in [-0.4, -0.2) is 34.0 Å². The second-order valence-electron chi connectivity index (χ2n) is 7.36. The summed E-state index contributed by atoms with van der Waals surface area (Å²) in [5.41, 5.74) is 1.33. The third-order valence-corrected chi connectivity index (χ3v) is 5.41. The van der Waals surface area contributed by atoms with Gasteiger partial charge in [-0.1, -0.05) is 13.8 Å². The molecular weight excluding hydrogens is 454 g/mol. The van der Waals surface area contributed by atoms with Crippen LogP contribution in [-0.2, 0) is 4.79 Å². The average molecular weight is 474 g/mol. The summed E-state index contributed by atoms with van der Waals surface area (Å²) >= 11 is 1.21. The third-order valence-electron chi connectivity index (χ3n) is 4.52. The van der Waals surface area contributed by atoms with E-state index in [1.807, 2.05) is 0 Å². The van der Waals surface area contributed by atoms with Gasteiger partial charge in [-0.15, -0.1) is 11.3 Å². The van der Waals surface area contributed by atoms with E-state index in [9.17, 15) is 28.3 Å². The molecule has 33 heavy (non-hydrogen) atoms. The van der Waals surface area contributed by atoms with Crippen LogP contribution in [0.1, 0.15) is 24.3 Å². The molecule has 0 saturated carbocycles. The number of nitrogens with zero attached hydrogens (tertiary/aromatic N) is 1. The van der Waals surface area contributed by atoms with Crippen molar-refractivity contribution >= 4 is 40.6 Å². The van der Waals surface area contributed by atoms with E-state index in [2.05, 4.69) is 20.9 Å². The molecule has 4 N–H and O–H groups in total. The Hall–Kier alpha value is -3.86. The maximum Gasteiger partial charge on any atom is 0.326 e. The lowest BCUT2D eigenvalue weighted by Crippen LogP contribution is -2.44. The van der Waals surface area contributed by atoms with Crippen LogP contribution in [0.3, 0.4) is 0 Å². The van der Waals surface area contributed by atoms with Crippen molar-refractivity contribution < 1.29 is 28.3 Å². The zero-order valence-corrected chi connectivity index (χ0v) is 18.4. The monoisotopic (exact) mass is 474 g/mol. The zero-order chi connectivity index (χ0) is 24.1. The van der Waals surface area contributed by atoms with E-state index >= 15 is 0 Å². The van der Waals surface area contributed by atoms with Gasteiger partial charge in [-0.3, -0.25) is 4.79 Å². The van der Waals surface area contributed by atoms with Gasteiger partial charge < -0.3 is 21.1 Å². The third kappa shape index (κ3) is 6.10. The number of carboxylic acid groups (broad SMARTS) is 1. The number of urea groups is 1. The van der Waals surface area contributed by atoms with Crippen molar-refractivity contribution in [3.8, 4) is 10.6 Å². The Balaban J connectivity index is 1.62. The van der Waals surface area contributed by atoms with E-state index in [1.54, 1.807) is 38.1 Å². The molecule has 0 aliphatic carbocycles. The Morgan fingerprint density at radius 1 is 0.970 bits per heavy atom. The Morgan fingerprint density at radius 3 is 2.21 bits per heavy atom. The van der Waals surface area contributed by atoms with Crippen LogP contribution in [0.15, 0.2) is 47.8 Å². The van der Waals surface area contributed by atoms with Crippen molar-refractivity contribution in [3.63, 3.8) is 0 Å². The minimum Gasteiger partial charge on any atom is -0.480 e. The lowest BCUT2D eigenvalue weighted by molar-refractivity contribution is -0.140. The van der Waals surface area contributed by atoms with Gasteiger partial charge in [0.05, 0.1) is 0 Å². The van der Waals surface area contributed by atoms with E-state index in [1.165, 1.54) is 22.8 Å². The number of carboxylic acids is 1. The van der Waals surface area contributed by atoms with Gasteiger partial charge in [-0.25, -0.2) is 23.4 Å². The minimum absolute atomic E-state index is 0.0965. The van der Waals surface area contributed by atoms with Crippen LogP contribution in [0.4, 0.5) is 25.0 Å². The smallest absolute Gasteiger partial charge is 0.326 e. The average Bonchev–Trinajstić information content (AvgIpc) is 3.25. The van der Waals surface area contributed by atoms with Gasteiger partial charge in [0.1, 0.15) is 16.7 Å². The Kier molecular flexibility index (Phi) is 7.34. The van der Waals surface area contributed by atoms with E-state index < -0.39 is 35.6 Å². The molecule has 0 spiro atoms. The lowest BCUT2D eigenvalue weighted by Gasteiger charge is -2.16. The number of rotatable bonds is 7. The highest BCUT2D eigenvalue weighted by Gasteiger charge is 2.25. The summed E-state index contributed by atoms with van der Waals surface area (Å²) in [7, 11) is 0. The predicted molar refractivity (Wildman–Crippen MR) is 120 cm³/mol. The number of hydrogen-bond acceptors (Lipinski definition) is 5. The maximum absolute atomic E-state index is 13.2. The fourth-order valence-corrected chi connectivity index (χ4v) is 3.61. The SMILES string of the molecule is CC(C)[C@H](NC(=O)c1csc(-c2ccc(NC(=O)Nc3ccc(F)c(F)c3)cc2)n1)C(=O)O. The second kappa shape index (κ2) is 10.2. The van der Waals surface area contributed by atoms with E-state index in [-0.39, 0.29) is 17.3 Å². The lowest BCUT2D eigenvalue weighted by atomic mass is 10.0. The van der Waals surface area contributed by atoms with Gasteiger partial charge in [-0.2, -0.15) is 0 Å². The summed E-state index contributed by atoms with van der Waals surface area (Å²) in [5.74, 6) is -4.07. The van der Waals surface area contributed by atoms with Gasteiger partial charge in [0.2, 0.25) is 0 Å². The first-order valence-electron chi connectivity index (χ1n) is 9.76. The number of thiazole rings is 1. The highest BCUT2D eigenvalue weighted by atomic mass is 32.1. The van der Waals surface area contributed by atoms with Crippen molar-refractivity contribution in [1.29, 1.82) is 0 Å². The number of aliphatic carboxylic acids is 1. The van der Waals surface area contributed by atoms with E-state index in [0.717, 1.165) is 12.1 Å². The standard InChI is InChI=1S/C22H20F2N4O4S/c1-11(2)18(21(30)31)28-19(29)17-10-33-20(27-17)12-3-5-13(6-4-12)25-22(32)26-14-7-8-15(23)16(24)9-14/h3-11,18H,1-2H3,(H,28,29)(H,30,31)(H2,25,26,32)/t18-/m0/s1. The van der Waals surface area contributed by atoms with Crippen LogP contribution in [0.5, 0.6) is 0 Å². The van der Waals surface area contributed by atoms with Crippen LogP contribution in [0, 0.1) is 17.6 Å². The van der Waals surface area contributed by atoms with Crippen molar-refractivity contribution in [2.75, 3.05) is 10.6 Å².